The zero-order valence-corrected chi connectivity index (χ0v) is 17.0. The highest BCUT2D eigenvalue weighted by Crippen LogP contribution is 2.33. The fourth-order valence-electron chi connectivity index (χ4n) is 3.67. The van der Waals surface area contributed by atoms with Crippen LogP contribution in [0.15, 0.2) is 60.7 Å². The zero-order chi connectivity index (χ0) is 20.9. The molecule has 2 aromatic carbocycles. The molecule has 1 aliphatic heterocycles. The molecule has 0 saturated heterocycles. The molecule has 0 spiro atoms. The van der Waals surface area contributed by atoms with E-state index < -0.39 is 0 Å². The van der Waals surface area contributed by atoms with Crippen molar-refractivity contribution in [3.8, 4) is 0 Å². The van der Waals surface area contributed by atoms with Crippen LogP contribution in [-0.4, -0.2) is 23.3 Å². The lowest BCUT2D eigenvalue weighted by atomic mass is 10.1. The number of para-hydroxylation sites is 1. The Kier molecular flexibility index (Phi) is 5.80. The number of aromatic amines is 1. The van der Waals surface area contributed by atoms with Gasteiger partial charge in [0.05, 0.1) is 5.57 Å². The van der Waals surface area contributed by atoms with E-state index in [9.17, 15) is 9.59 Å². The number of hydrogen-bond donors (Lipinski definition) is 3. The summed E-state index contributed by atoms with van der Waals surface area (Å²) >= 11 is 0. The number of rotatable bonds is 7. The summed E-state index contributed by atoms with van der Waals surface area (Å²) in [5, 5.41) is 5.84. The number of carbonyl (C=O) groups is 2. The number of amides is 2. The molecule has 1 aromatic heterocycles. The second-order valence-corrected chi connectivity index (χ2v) is 7.54. The van der Waals surface area contributed by atoms with Gasteiger partial charge in [0.2, 0.25) is 0 Å². The van der Waals surface area contributed by atoms with Crippen molar-refractivity contribution < 1.29 is 9.59 Å². The van der Waals surface area contributed by atoms with Crippen molar-refractivity contribution in [1.82, 2.24) is 10.3 Å². The quantitative estimate of drug-likeness (QED) is 0.402. The van der Waals surface area contributed by atoms with E-state index in [-0.39, 0.29) is 11.8 Å². The molecule has 5 nitrogen and oxygen atoms in total. The van der Waals surface area contributed by atoms with Gasteiger partial charge in [0.1, 0.15) is 5.69 Å². The maximum atomic E-state index is 12.5. The van der Waals surface area contributed by atoms with Gasteiger partial charge < -0.3 is 15.6 Å². The molecule has 0 radical (unpaired) electrons. The van der Waals surface area contributed by atoms with Gasteiger partial charge in [0.25, 0.3) is 11.8 Å². The summed E-state index contributed by atoms with van der Waals surface area (Å²) < 4.78 is 0. The second-order valence-electron chi connectivity index (χ2n) is 7.54. The molecular formula is C25H25N3O2. The molecule has 3 aromatic rings. The van der Waals surface area contributed by atoms with E-state index in [1.54, 1.807) is 0 Å². The van der Waals surface area contributed by atoms with Gasteiger partial charge in [-0.3, -0.25) is 9.59 Å². The number of nitrogens with one attached hydrogen (secondary N) is 3. The minimum absolute atomic E-state index is 0.126. The Morgan fingerprint density at radius 1 is 1.03 bits per heavy atom. The molecule has 5 heteroatoms. The first-order chi connectivity index (χ1) is 14.6. The van der Waals surface area contributed by atoms with E-state index in [4.69, 9.17) is 0 Å². The van der Waals surface area contributed by atoms with Crippen molar-refractivity contribution in [1.29, 1.82) is 0 Å². The Labute approximate surface area is 176 Å². The molecule has 3 N–H and O–H groups in total. The first-order valence-corrected chi connectivity index (χ1v) is 10.3. The van der Waals surface area contributed by atoms with Crippen molar-refractivity contribution in [2.45, 2.75) is 26.2 Å². The van der Waals surface area contributed by atoms with Crippen LogP contribution in [0.5, 0.6) is 0 Å². The number of aromatic nitrogens is 1. The van der Waals surface area contributed by atoms with Crippen molar-refractivity contribution in [2.24, 2.45) is 0 Å². The van der Waals surface area contributed by atoms with Crippen LogP contribution in [-0.2, 0) is 11.2 Å². The van der Waals surface area contributed by atoms with E-state index in [1.807, 2.05) is 61.5 Å². The minimum atomic E-state index is -0.130. The van der Waals surface area contributed by atoms with Gasteiger partial charge in [-0.2, -0.15) is 0 Å². The van der Waals surface area contributed by atoms with Crippen LogP contribution in [0.25, 0.3) is 11.6 Å². The second kappa shape index (κ2) is 8.82. The van der Waals surface area contributed by atoms with Crippen molar-refractivity contribution in [3.63, 3.8) is 0 Å². The minimum Gasteiger partial charge on any atom is -0.351 e. The van der Waals surface area contributed by atoms with Crippen LogP contribution in [0.1, 0.15) is 45.7 Å². The molecule has 0 saturated carbocycles. The van der Waals surface area contributed by atoms with Crippen LogP contribution >= 0.6 is 0 Å². The van der Waals surface area contributed by atoms with Gasteiger partial charge in [0, 0.05) is 23.5 Å². The van der Waals surface area contributed by atoms with E-state index in [0.29, 0.717) is 17.8 Å². The monoisotopic (exact) mass is 399 g/mol. The summed E-state index contributed by atoms with van der Waals surface area (Å²) in [5.41, 5.74) is 5.81. The van der Waals surface area contributed by atoms with Gasteiger partial charge in [-0.15, -0.1) is 0 Å². The molecular weight excluding hydrogens is 374 g/mol. The lowest BCUT2D eigenvalue weighted by Crippen LogP contribution is -2.24. The molecule has 4 rings (SSSR count). The van der Waals surface area contributed by atoms with Crippen molar-refractivity contribution in [3.05, 3.63) is 88.7 Å². The Hall–Kier alpha value is -3.60. The largest absolute Gasteiger partial charge is 0.351 e. The predicted octanol–water partition coefficient (Wildman–Crippen LogP) is 4.57. The maximum Gasteiger partial charge on any atom is 0.267 e. The first-order valence-electron chi connectivity index (χ1n) is 10.3. The Morgan fingerprint density at radius 2 is 1.80 bits per heavy atom. The third-order valence-electron chi connectivity index (χ3n) is 5.32. The average molecular weight is 399 g/mol. The number of hydrogen-bond acceptors (Lipinski definition) is 2. The third-order valence-corrected chi connectivity index (χ3v) is 5.32. The van der Waals surface area contributed by atoms with Crippen LogP contribution in [0.2, 0.25) is 0 Å². The van der Waals surface area contributed by atoms with Gasteiger partial charge in [-0.1, -0.05) is 48.5 Å². The predicted molar refractivity (Wildman–Crippen MR) is 120 cm³/mol. The smallest absolute Gasteiger partial charge is 0.267 e. The summed E-state index contributed by atoms with van der Waals surface area (Å²) in [5.74, 6) is -0.256. The maximum absolute atomic E-state index is 12.5. The molecule has 2 amide bonds. The number of fused-ring (bicyclic) bond motifs is 1. The molecule has 0 aliphatic carbocycles. The highest BCUT2D eigenvalue weighted by molar-refractivity contribution is 6.34. The van der Waals surface area contributed by atoms with Crippen LogP contribution < -0.4 is 10.6 Å². The normalized spacial score (nSPS) is 13.9. The summed E-state index contributed by atoms with van der Waals surface area (Å²) in [6, 6.07) is 19.8. The zero-order valence-electron chi connectivity index (χ0n) is 17.0. The Balaban J connectivity index is 1.36. The third kappa shape index (κ3) is 4.35. The van der Waals surface area contributed by atoms with Crippen molar-refractivity contribution in [2.75, 3.05) is 11.9 Å². The number of aryl methyl sites for hydroxylation is 2. The summed E-state index contributed by atoms with van der Waals surface area (Å²) in [6.07, 6.45) is 4.78. The molecule has 30 heavy (non-hydrogen) atoms. The molecule has 0 fully saturated rings. The number of unbranched alkanes of at least 4 members (excludes halogenated alkanes) is 1. The van der Waals surface area contributed by atoms with Crippen molar-refractivity contribution >= 4 is 29.2 Å². The number of carbonyl (C=O) groups excluding carboxylic acids is 2. The molecule has 0 atom stereocenters. The van der Waals surface area contributed by atoms with Crippen LogP contribution in [0.4, 0.5) is 5.69 Å². The summed E-state index contributed by atoms with van der Waals surface area (Å²) in [7, 11) is 0. The molecule has 0 bridgehead atoms. The topological polar surface area (TPSA) is 74.0 Å². The number of anilines is 1. The number of benzene rings is 2. The average Bonchev–Trinajstić information content (AvgIpc) is 3.28. The van der Waals surface area contributed by atoms with E-state index in [0.717, 1.165) is 41.8 Å². The Bertz CT molecular complexity index is 1100. The van der Waals surface area contributed by atoms with E-state index in [1.165, 1.54) is 5.56 Å². The fourth-order valence-corrected chi connectivity index (χ4v) is 3.67. The summed E-state index contributed by atoms with van der Waals surface area (Å²) in [6.45, 7) is 2.56. The van der Waals surface area contributed by atoms with E-state index >= 15 is 0 Å². The van der Waals surface area contributed by atoms with Gasteiger partial charge in [-0.25, -0.2) is 0 Å². The van der Waals surface area contributed by atoms with Gasteiger partial charge in [-0.05, 0) is 55.5 Å². The molecule has 152 valence electrons. The number of H-pyrrole nitrogens is 1. The first kappa shape index (κ1) is 19.7. The standard InChI is InChI=1S/C25H25N3O2/c1-17-15-23(25(30)26-14-8-7-11-18-9-3-2-4-10-18)27-22(17)16-20-19-12-5-6-13-21(19)28-24(20)29/h2-6,9-10,12-13,15-16,27H,7-8,11,14H2,1H3,(H,26,30)(H,28,29). The Morgan fingerprint density at radius 3 is 2.63 bits per heavy atom. The highest BCUT2D eigenvalue weighted by atomic mass is 16.2. The SMILES string of the molecule is Cc1cc(C(=O)NCCCCc2ccccc2)[nH]c1C=C1C(=O)Nc2ccccc21. The van der Waals surface area contributed by atoms with Crippen LogP contribution in [0, 0.1) is 6.92 Å². The fraction of sp³-hybridized carbons (Fsp3) is 0.200. The molecule has 2 heterocycles. The lowest BCUT2D eigenvalue weighted by Gasteiger charge is -2.04. The highest BCUT2D eigenvalue weighted by Gasteiger charge is 2.24. The van der Waals surface area contributed by atoms with Gasteiger partial charge in [0.15, 0.2) is 0 Å². The summed E-state index contributed by atoms with van der Waals surface area (Å²) in [4.78, 5) is 28.0. The lowest BCUT2D eigenvalue weighted by molar-refractivity contribution is -0.110. The van der Waals surface area contributed by atoms with E-state index in [2.05, 4.69) is 27.8 Å². The van der Waals surface area contributed by atoms with Crippen LogP contribution in [0.3, 0.4) is 0 Å². The molecule has 1 aliphatic rings. The molecule has 0 unspecified atom stereocenters. The van der Waals surface area contributed by atoms with Gasteiger partial charge >= 0.3 is 0 Å².